The molecule has 1 heterocycles. The third-order valence-electron chi connectivity index (χ3n) is 3.66. The maximum atomic E-state index is 4.45. The Bertz CT molecular complexity index is 269. The second-order valence-electron chi connectivity index (χ2n) is 5.40. The fourth-order valence-corrected chi connectivity index (χ4v) is 3.10. The van der Waals surface area contributed by atoms with Crippen molar-refractivity contribution >= 4 is 11.3 Å². The van der Waals surface area contributed by atoms with Crippen molar-refractivity contribution in [1.82, 2.24) is 4.98 Å². The molecule has 0 aliphatic rings. The van der Waals surface area contributed by atoms with Gasteiger partial charge in [-0.3, -0.25) is 0 Å². The summed E-state index contributed by atoms with van der Waals surface area (Å²) in [6, 6.07) is 0. The Labute approximate surface area is 117 Å². The highest BCUT2D eigenvalue weighted by molar-refractivity contribution is 7.07. The SMILES string of the molecule is CCCCCCC(CCCCC)Cc1cscn1. The standard InChI is InChI=1S/C16H29NS/c1-3-5-7-9-11-15(10-8-6-4-2)12-16-13-18-14-17-16/h13-15H,3-12H2,1-2H3. The van der Waals surface area contributed by atoms with E-state index in [-0.39, 0.29) is 0 Å². The van der Waals surface area contributed by atoms with Crippen LogP contribution in [0.1, 0.15) is 77.3 Å². The van der Waals surface area contributed by atoms with Gasteiger partial charge in [-0.2, -0.15) is 0 Å². The predicted molar refractivity (Wildman–Crippen MR) is 82.2 cm³/mol. The molecule has 2 heteroatoms. The van der Waals surface area contributed by atoms with E-state index >= 15 is 0 Å². The molecule has 0 amide bonds. The first kappa shape index (κ1) is 15.7. The number of hydrogen-bond donors (Lipinski definition) is 0. The van der Waals surface area contributed by atoms with Crippen LogP contribution < -0.4 is 0 Å². The highest BCUT2D eigenvalue weighted by Gasteiger charge is 2.10. The highest BCUT2D eigenvalue weighted by Crippen LogP contribution is 2.22. The first-order valence-electron chi connectivity index (χ1n) is 7.73. The quantitative estimate of drug-likeness (QED) is 0.458. The van der Waals surface area contributed by atoms with Gasteiger partial charge in [0, 0.05) is 5.38 Å². The van der Waals surface area contributed by atoms with Crippen molar-refractivity contribution in [2.45, 2.75) is 78.1 Å². The van der Waals surface area contributed by atoms with Crippen LogP contribution in [0.2, 0.25) is 0 Å². The van der Waals surface area contributed by atoms with E-state index in [1.807, 2.05) is 5.51 Å². The van der Waals surface area contributed by atoms with Gasteiger partial charge in [-0.1, -0.05) is 71.6 Å². The van der Waals surface area contributed by atoms with Crippen LogP contribution in [0, 0.1) is 5.92 Å². The van der Waals surface area contributed by atoms with Crippen LogP contribution in [0.15, 0.2) is 10.9 Å². The van der Waals surface area contributed by atoms with E-state index in [2.05, 4.69) is 24.2 Å². The molecule has 0 bridgehead atoms. The van der Waals surface area contributed by atoms with Crippen molar-refractivity contribution in [3.05, 3.63) is 16.6 Å². The average Bonchev–Trinajstić information content (AvgIpc) is 2.87. The van der Waals surface area contributed by atoms with Gasteiger partial charge in [0.2, 0.25) is 0 Å². The molecule has 18 heavy (non-hydrogen) atoms. The number of hydrogen-bond acceptors (Lipinski definition) is 2. The number of nitrogens with zero attached hydrogens (tertiary/aromatic N) is 1. The lowest BCUT2D eigenvalue weighted by molar-refractivity contribution is 0.403. The monoisotopic (exact) mass is 267 g/mol. The normalized spacial score (nSPS) is 12.8. The number of rotatable bonds is 11. The molecular formula is C16H29NS. The molecule has 1 atom stereocenters. The van der Waals surface area contributed by atoms with Gasteiger partial charge in [0.05, 0.1) is 11.2 Å². The molecule has 0 saturated carbocycles. The van der Waals surface area contributed by atoms with Gasteiger partial charge in [-0.25, -0.2) is 4.98 Å². The molecule has 0 N–H and O–H groups in total. The van der Waals surface area contributed by atoms with Gasteiger partial charge in [-0.15, -0.1) is 11.3 Å². The van der Waals surface area contributed by atoms with Crippen LogP contribution in [0.25, 0.3) is 0 Å². The lowest BCUT2D eigenvalue weighted by Gasteiger charge is -2.15. The third kappa shape index (κ3) is 7.15. The molecule has 0 spiro atoms. The molecule has 1 aromatic rings. The summed E-state index contributed by atoms with van der Waals surface area (Å²) in [5, 5.41) is 2.22. The maximum absolute atomic E-state index is 4.45. The van der Waals surface area contributed by atoms with Crippen molar-refractivity contribution in [1.29, 1.82) is 0 Å². The van der Waals surface area contributed by atoms with Crippen LogP contribution in [-0.4, -0.2) is 4.98 Å². The minimum Gasteiger partial charge on any atom is -0.250 e. The van der Waals surface area contributed by atoms with Crippen LogP contribution in [0.5, 0.6) is 0 Å². The molecule has 0 aromatic carbocycles. The predicted octanol–water partition coefficient (Wildman–Crippen LogP) is 5.85. The fraction of sp³-hybridized carbons (Fsp3) is 0.812. The number of unbranched alkanes of at least 4 members (excludes halogenated alkanes) is 5. The van der Waals surface area contributed by atoms with E-state index in [0.717, 1.165) is 5.92 Å². The Kier molecular flexibility index (Phi) is 9.19. The van der Waals surface area contributed by atoms with E-state index in [9.17, 15) is 0 Å². The highest BCUT2D eigenvalue weighted by atomic mass is 32.1. The van der Waals surface area contributed by atoms with Gasteiger partial charge in [0.15, 0.2) is 0 Å². The molecule has 0 saturated heterocycles. The second-order valence-corrected chi connectivity index (χ2v) is 6.11. The number of aromatic nitrogens is 1. The summed E-state index contributed by atoms with van der Waals surface area (Å²) in [6.07, 6.45) is 13.7. The minimum absolute atomic E-state index is 0.871. The topological polar surface area (TPSA) is 12.9 Å². The van der Waals surface area contributed by atoms with Crippen LogP contribution in [0.4, 0.5) is 0 Å². The summed E-state index contributed by atoms with van der Waals surface area (Å²) in [6.45, 7) is 4.57. The molecule has 0 aliphatic heterocycles. The minimum atomic E-state index is 0.871. The first-order chi connectivity index (χ1) is 8.86. The second kappa shape index (κ2) is 10.5. The van der Waals surface area contributed by atoms with E-state index in [0.29, 0.717) is 0 Å². The van der Waals surface area contributed by atoms with Gasteiger partial charge >= 0.3 is 0 Å². The Hall–Kier alpha value is -0.370. The van der Waals surface area contributed by atoms with Crippen LogP contribution >= 0.6 is 11.3 Å². The first-order valence-corrected chi connectivity index (χ1v) is 8.68. The summed E-state index contributed by atoms with van der Waals surface area (Å²) in [5.74, 6) is 0.871. The summed E-state index contributed by atoms with van der Waals surface area (Å²) >= 11 is 1.73. The molecule has 0 fully saturated rings. The van der Waals surface area contributed by atoms with Crippen LogP contribution in [-0.2, 0) is 6.42 Å². The molecule has 104 valence electrons. The van der Waals surface area contributed by atoms with Crippen LogP contribution in [0.3, 0.4) is 0 Å². The molecular weight excluding hydrogens is 238 g/mol. The van der Waals surface area contributed by atoms with E-state index in [4.69, 9.17) is 0 Å². The Morgan fingerprint density at radius 2 is 1.67 bits per heavy atom. The molecule has 1 unspecified atom stereocenters. The molecule has 1 rings (SSSR count). The van der Waals surface area contributed by atoms with Gasteiger partial charge in [0.25, 0.3) is 0 Å². The van der Waals surface area contributed by atoms with Crippen molar-refractivity contribution in [2.75, 3.05) is 0 Å². The zero-order chi connectivity index (χ0) is 13.1. The summed E-state index contributed by atoms with van der Waals surface area (Å²) in [4.78, 5) is 4.45. The Morgan fingerprint density at radius 3 is 2.28 bits per heavy atom. The van der Waals surface area contributed by atoms with E-state index in [1.165, 1.54) is 69.9 Å². The zero-order valence-corrected chi connectivity index (χ0v) is 13.0. The molecule has 1 aromatic heterocycles. The Balaban J connectivity index is 2.27. The zero-order valence-electron chi connectivity index (χ0n) is 12.2. The molecule has 0 radical (unpaired) electrons. The Morgan fingerprint density at radius 1 is 1.00 bits per heavy atom. The van der Waals surface area contributed by atoms with E-state index in [1.54, 1.807) is 11.3 Å². The average molecular weight is 267 g/mol. The van der Waals surface area contributed by atoms with Crippen molar-refractivity contribution in [2.24, 2.45) is 5.92 Å². The van der Waals surface area contributed by atoms with Gasteiger partial charge in [0.1, 0.15) is 0 Å². The largest absolute Gasteiger partial charge is 0.250 e. The lowest BCUT2D eigenvalue weighted by atomic mass is 9.91. The summed E-state index contributed by atoms with van der Waals surface area (Å²) in [5.41, 5.74) is 3.28. The number of thiazole rings is 1. The molecule has 1 nitrogen and oxygen atoms in total. The van der Waals surface area contributed by atoms with Gasteiger partial charge in [-0.05, 0) is 12.3 Å². The van der Waals surface area contributed by atoms with E-state index < -0.39 is 0 Å². The van der Waals surface area contributed by atoms with Crippen molar-refractivity contribution < 1.29 is 0 Å². The summed E-state index contributed by atoms with van der Waals surface area (Å²) in [7, 11) is 0. The lowest BCUT2D eigenvalue weighted by Crippen LogP contribution is -2.05. The molecule has 0 aliphatic carbocycles. The smallest absolute Gasteiger partial charge is 0.0794 e. The van der Waals surface area contributed by atoms with Crippen molar-refractivity contribution in [3.8, 4) is 0 Å². The van der Waals surface area contributed by atoms with Gasteiger partial charge < -0.3 is 0 Å². The summed E-state index contributed by atoms with van der Waals surface area (Å²) < 4.78 is 0. The maximum Gasteiger partial charge on any atom is 0.0794 e. The van der Waals surface area contributed by atoms with Crippen molar-refractivity contribution in [3.63, 3.8) is 0 Å². The third-order valence-corrected chi connectivity index (χ3v) is 4.30. The fourth-order valence-electron chi connectivity index (χ4n) is 2.53.